The Hall–Kier alpha value is -5.27. The van der Waals surface area contributed by atoms with Crippen molar-refractivity contribution in [3.05, 3.63) is 70.8 Å². The number of likely N-dealkylation sites (tertiary alicyclic amines) is 2. The number of esters is 1. The van der Waals surface area contributed by atoms with Gasteiger partial charge in [-0.1, -0.05) is 39.1 Å². The van der Waals surface area contributed by atoms with Gasteiger partial charge in [-0.15, -0.1) is 11.6 Å². The average molecular weight is 924 g/mol. The number of alkyl halides is 7. The molecule has 2 aromatic rings. The summed E-state index contributed by atoms with van der Waals surface area (Å²) in [5, 5.41) is 2.52. The minimum atomic E-state index is -4.50. The summed E-state index contributed by atoms with van der Waals surface area (Å²) < 4.78 is 92.5. The molecule has 1 spiro atoms. The van der Waals surface area contributed by atoms with E-state index < -0.39 is 81.6 Å². The first-order chi connectivity index (χ1) is 28.0. The fourth-order valence-corrected chi connectivity index (χ4v) is 6.75. The molecule has 5 amide bonds. The molecule has 0 atom stereocenters. The quantitative estimate of drug-likeness (QED) is 0.125. The lowest BCUT2D eigenvalue weighted by Crippen LogP contribution is -2.80. The van der Waals surface area contributed by atoms with Crippen molar-refractivity contribution < 1.29 is 69.3 Å². The predicted molar refractivity (Wildman–Crippen MR) is 219 cm³/mol. The normalized spacial score (nSPS) is 16.7. The highest BCUT2D eigenvalue weighted by molar-refractivity contribution is 6.27. The molecule has 3 heterocycles. The van der Waals surface area contributed by atoms with Crippen molar-refractivity contribution in [3.63, 3.8) is 0 Å². The van der Waals surface area contributed by atoms with Crippen molar-refractivity contribution in [3.8, 4) is 0 Å². The molecule has 5 rings (SSSR count). The Bertz CT molecular complexity index is 1950. The van der Waals surface area contributed by atoms with Crippen LogP contribution in [-0.2, 0) is 58.8 Å². The summed E-state index contributed by atoms with van der Waals surface area (Å²) >= 11 is 5.76. The van der Waals surface area contributed by atoms with Gasteiger partial charge in [0.1, 0.15) is 17.1 Å². The summed E-state index contributed by atoms with van der Waals surface area (Å²) in [6.07, 6.45) is -10.2. The van der Waals surface area contributed by atoms with E-state index in [2.05, 4.69) is 5.32 Å². The molecule has 0 aliphatic carbocycles. The van der Waals surface area contributed by atoms with Gasteiger partial charge >= 0.3 is 30.5 Å². The molecule has 1 N–H and O–H groups in total. The monoisotopic (exact) mass is 923 g/mol. The summed E-state index contributed by atoms with van der Waals surface area (Å²) in [6, 6.07) is 8.66. The third-order valence-electron chi connectivity index (χ3n) is 9.59. The van der Waals surface area contributed by atoms with Crippen LogP contribution >= 0.6 is 11.6 Å². The summed E-state index contributed by atoms with van der Waals surface area (Å²) in [7, 11) is 0. The van der Waals surface area contributed by atoms with Gasteiger partial charge in [-0.05, 0) is 83.9 Å². The van der Waals surface area contributed by atoms with Crippen LogP contribution in [0, 0.1) is 0 Å². The Morgan fingerprint density at radius 2 is 1.16 bits per heavy atom. The van der Waals surface area contributed by atoms with Gasteiger partial charge in [0, 0.05) is 13.1 Å². The first-order valence-corrected chi connectivity index (χ1v) is 19.5. The van der Waals surface area contributed by atoms with Crippen LogP contribution in [0.1, 0.15) is 85.6 Å². The van der Waals surface area contributed by atoms with Crippen LogP contribution in [0.2, 0.25) is 0 Å². The van der Waals surface area contributed by atoms with Crippen LogP contribution < -0.4 is 5.32 Å². The van der Waals surface area contributed by atoms with E-state index >= 15 is 0 Å². The number of ether oxygens (including phenoxy) is 3. The van der Waals surface area contributed by atoms with E-state index in [1.54, 1.807) is 48.5 Å². The number of carbonyl (C=O) groups is 6. The molecule has 3 fully saturated rings. The van der Waals surface area contributed by atoms with E-state index in [9.17, 15) is 55.1 Å². The lowest BCUT2D eigenvalue weighted by atomic mass is 9.84. The highest BCUT2D eigenvalue weighted by atomic mass is 35.5. The maximum absolute atomic E-state index is 12.9. The summed E-state index contributed by atoms with van der Waals surface area (Å²) in [4.78, 5) is 80.2. The minimum absolute atomic E-state index is 0. The lowest BCUT2D eigenvalue weighted by Gasteiger charge is -2.55. The first kappa shape index (κ1) is 53.9. The zero-order valence-electron chi connectivity index (χ0n) is 34.6. The molecular weight excluding hydrogens is 868 g/mol. The van der Waals surface area contributed by atoms with Gasteiger partial charge in [0.05, 0.1) is 50.5 Å². The Morgan fingerprint density at radius 1 is 0.730 bits per heavy atom. The van der Waals surface area contributed by atoms with Crippen molar-refractivity contribution in [2.24, 2.45) is 0 Å². The average Bonchev–Trinajstić information content (AvgIpc) is 3.10. The van der Waals surface area contributed by atoms with E-state index in [-0.39, 0.29) is 73.2 Å². The molecule has 2 aromatic carbocycles. The Morgan fingerprint density at radius 3 is 1.56 bits per heavy atom. The second-order valence-electron chi connectivity index (χ2n) is 16.6. The van der Waals surface area contributed by atoms with Crippen LogP contribution in [0.4, 0.5) is 35.9 Å². The topological polar surface area (TPSA) is 155 Å². The maximum Gasteiger partial charge on any atom is 0.416 e. The van der Waals surface area contributed by atoms with Gasteiger partial charge < -0.3 is 39.1 Å². The van der Waals surface area contributed by atoms with Crippen LogP contribution in [-0.4, -0.2) is 123 Å². The minimum Gasteiger partial charge on any atom is -0.464 e. The van der Waals surface area contributed by atoms with Gasteiger partial charge in [0.2, 0.25) is 17.7 Å². The number of hydrogen-bond donors (Lipinski definition) is 1. The van der Waals surface area contributed by atoms with E-state index in [4.69, 9.17) is 25.8 Å². The third kappa shape index (κ3) is 12.9. The Labute approximate surface area is 368 Å². The number of benzene rings is 2. The fourth-order valence-electron chi connectivity index (χ4n) is 6.60. The summed E-state index contributed by atoms with van der Waals surface area (Å²) in [5.41, 5.74) is -5.06. The van der Waals surface area contributed by atoms with Gasteiger partial charge in [-0.3, -0.25) is 14.4 Å². The molecule has 0 saturated carbocycles. The molecule has 3 aliphatic rings. The second kappa shape index (κ2) is 20.1. The lowest BCUT2D eigenvalue weighted by molar-refractivity contribution is -0.176. The van der Waals surface area contributed by atoms with Gasteiger partial charge in [-0.2, -0.15) is 26.3 Å². The van der Waals surface area contributed by atoms with Crippen LogP contribution in [0.25, 0.3) is 0 Å². The highest BCUT2D eigenvalue weighted by Crippen LogP contribution is 2.36. The van der Waals surface area contributed by atoms with E-state index in [1.165, 1.54) is 39.0 Å². The van der Waals surface area contributed by atoms with Gasteiger partial charge in [-0.25, -0.2) is 14.4 Å². The number of carbonyl (C=O) groups excluding carboxylic acids is 6. The smallest absolute Gasteiger partial charge is 0.416 e. The molecule has 0 radical (unpaired) electrons. The van der Waals surface area contributed by atoms with Gasteiger partial charge in [0.15, 0.2) is 11.1 Å². The molecule has 3 aliphatic heterocycles. The van der Waals surface area contributed by atoms with Gasteiger partial charge in [0.25, 0.3) is 0 Å². The number of nitrogens with zero attached hydrogens (tertiary/aromatic N) is 4. The predicted octanol–water partition coefficient (Wildman–Crippen LogP) is 7.25. The standard InChI is InChI=1S/C21H26ClF3N2O5.C19H22F3N3O4.2CH4/c1-5-31-17(29)20(12-26(13-20)18(30)32-19(2,3)4)27(16(28)10-22)11-14-6-8-15(9-7-14)21(23,24)25;1-17(2,3)29-16(28)24-10-18(11-24)15(27)23-8-14(26)25(18)9-12-4-6-13(7-5-12)19(20,21)22;;/h6-9H,5,10-13H2,1-4H3;4-7H,8-11H2,1-3H3,(H,23,27);2*1H4. The molecular formula is C42H56ClF6N5O9. The van der Waals surface area contributed by atoms with Crippen molar-refractivity contribution in [2.75, 3.05) is 45.2 Å². The number of hydrogen-bond acceptors (Lipinski definition) is 9. The third-order valence-corrected chi connectivity index (χ3v) is 9.81. The van der Waals surface area contributed by atoms with E-state index in [0.29, 0.717) is 11.1 Å². The van der Waals surface area contributed by atoms with E-state index in [0.717, 1.165) is 29.2 Å². The number of amides is 5. The summed E-state index contributed by atoms with van der Waals surface area (Å²) in [5.74, 6) is -2.58. The number of halogens is 7. The first-order valence-electron chi connectivity index (χ1n) is 19.0. The zero-order chi connectivity index (χ0) is 45.9. The number of rotatable bonds is 8. The molecule has 352 valence electrons. The van der Waals surface area contributed by atoms with Crippen molar-refractivity contribution in [2.45, 2.75) is 111 Å². The van der Waals surface area contributed by atoms with Crippen molar-refractivity contribution in [1.29, 1.82) is 0 Å². The SMILES string of the molecule is C.C.CC(C)(C)OC(=O)N1CC2(C1)C(=O)NCC(=O)N2Cc1ccc(C(F)(F)F)cc1.CCOC(=O)C1(N(Cc2ccc(C(F)(F)F)cc2)C(=O)CCl)CN(C(=O)OC(C)(C)C)C1. The molecule has 3 saturated heterocycles. The van der Waals surface area contributed by atoms with Crippen molar-refractivity contribution in [1.82, 2.24) is 24.9 Å². The van der Waals surface area contributed by atoms with Crippen LogP contribution in [0.3, 0.4) is 0 Å². The fraction of sp³-hybridized carbons (Fsp3) is 0.571. The Balaban J connectivity index is 0.000000422. The summed E-state index contributed by atoms with van der Waals surface area (Å²) in [6.45, 7) is 11.0. The Kier molecular flexibility index (Phi) is 17.1. The number of nitrogens with one attached hydrogen (secondary N) is 1. The largest absolute Gasteiger partial charge is 0.464 e. The maximum atomic E-state index is 12.9. The van der Waals surface area contributed by atoms with E-state index in [1.807, 2.05) is 0 Å². The molecule has 0 unspecified atom stereocenters. The van der Waals surface area contributed by atoms with Crippen molar-refractivity contribution >= 4 is 47.5 Å². The van der Waals surface area contributed by atoms with Crippen LogP contribution in [0.15, 0.2) is 48.5 Å². The molecule has 14 nitrogen and oxygen atoms in total. The van der Waals surface area contributed by atoms with Crippen LogP contribution in [0.5, 0.6) is 0 Å². The highest BCUT2D eigenvalue weighted by Gasteiger charge is 2.60. The molecule has 0 aromatic heterocycles. The zero-order valence-corrected chi connectivity index (χ0v) is 35.3. The second-order valence-corrected chi connectivity index (χ2v) is 16.9. The molecule has 21 heteroatoms. The molecule has 63 heavy (non-hydrogen) atoms. The number of piperazine rings is 1. The molecule has 0 bridgehead atoms.